The van der Waals surface area contributed by atoms with E-state index in [4.69, 9.17) is 42.5 Å². The maximum Gasteiger partial charge on any atom is 0.371 e. The largest absolute Gasteiger partial charge is 0.492 e. The maximum absolute atomic E-state index is 12.9. The van der Waals surface area contributed by atoms with Gasteiger partial charge in [0.1, 0.15) is 0 Å². The minimum atomic E-state index is -1.28. The van der Waals surface area contributed by atoms with Gasteiger partial charge in [-0.15, -0.1) is 11.3 Å². The Hall–Kier alpha value is -3.27. The van der Waals surface area contributed by atoms with Crippen molar-refractivity contribution >= 4 is 57.6 Å². The second-order valence-corrected chi connectivity index (χ2v) is 10.1. The lowest BCUT2D eigenvalue weighted by Gasteiger charge is -2.13. The Bertz CT molecular complexity index is 1320. The lowest BCUT2D eigenvalue weighted by Crippen LogP contribution is -2.12. The van der Waals surface area contributed by atoms with Gasteiger partial charge in [-0.05, 0) is 36.8 Å². The molecule has 0 saturated heterocycles. The summed E-state index contributed by atoms with van der Waals surface area (Å²) in [5.41, 5.74) is 1.77. The average molecular weight is 594 g/mol. The number of benzene rings is 2. The molecule has 1 amide bonds. The van der Waals surface area contributed by atoms with E-state index in [0.717, 1.165) is 18.4 Å². The van der Waals surface area contributed by atoms with Crippen LogP contribution in [0.1, 0.15) is 54.9 Å². The predicted octanol–water partition coefficient (Wildman–Crippen LogP) is 7.80. The zero-order valence-electron chi connectivity index (χ0n) is 21.9. The third-order valence-corrected chi connectivity index (χ3v) is 7.12. The van der Waals surface area contributed by atoms with E-state index < -0.39 is 11.9 Å². The topological polar surface area (TPSA) is 107 Å². The standard InChI is InChI=1S/C28H30Cl2N2O6S/c1-4-5-6-7-8-12-38-23-11-9-10-18(25(23)37-3)22-16-39-28(31-22)32-26(33)17-13-20(29)19(21(30)14-17)15-24(36-2)27(34)35/h9-11,13-16H,4-8,12H2,1-3H3,(H,34,35)(H,31,32,33). The van der Waals surface area contributed by atoms with Crippen LogP contribution in [0, 0.1) is 0 Å². The third-order valence-electron chi connectivity index (χ3n) is 5.74. The summed E-state index contributed by atoms with van der Waals surface area (Å²) in [6, 6.07) is 8.41. The van der Waals surface area contributed by atoms with Gasteiger partial charge in [-0.3, -0.25) is 10.1 Å². The molecule has 0 spiro atoms. The van der Waals surface area contributed by atoms with Gasteiger partial charge in [-0.25, -0.2) is 9.78 Å². The molecular weight excluding hydrogens is 563 g/mol. The molecule has 8 nitrogen and oxygen atoms in total. The Morgan fingerprint density at radius 2 is 1.82 bits per heavy atom. The number of unbranched alkanes of at least 4 members (excludes halogenated alkanes) is 4. The number of thiazole rings is 1. The molecular formula is C28H30Cl2N2O6S. The van der Waals surface area contributed by atoms with E-state index in [1.807, 2.05) is 23.6 Å². The number of halogens is 2. The number of hydrogen-bond donors (Lipinski definition) is 2. The first kappa shape index (κ1) is 30.3. The quantitative estimate of drug-likeness (QED) is 0.112. The van der Waals surface area contributed by atoms with Crippen LogP contribution < -0.4 is 14.8 Å². The Morgan fingerprint density at radius 1 is 1.10 bits per heavy atom. The number of carboxylic acid groups (broad SMARTS) is 1. The molecule has 0 saturated carbocycles. The van der Waals surface area contributed by atoms with Gasteiger partial charge in [-0.1, -0.05) is 61.9 Å². The van der Waals surface area contributed by atoms with Crippen molar-refractivity contribution < 1.29 is 28.9 Å². The molecule has 1 heterocycles. The van der Waals surface area contributed by atoms with Crippen LogP contribution in [0.15, 0.2) is 41.5 Å². The second-order valence-electron chi connectivity index (χ2n) is 8.46. The Morgan fingerprint density at radius 3 is 2.46 bits per heavy atom. The Balaban J connectivity index is 1.74. The number of carbonyl (C=O) groups excluding carboxylic acids is 1. The number of methoxy groups -OCH3 is 2. The minimum Gasteiger partial charge on any atom is -0.492 e. The van der Waals surface area contributed by atoms with Gasteiger partial charge in [0.15, 0.2) is 16.6 Å². The van der Waals surface area contributed by atoms with E-state index in [-0.39, 0.29) is 26.9 Å². The molecule has 0 aliphatic rings. The lowest BCUT2D eigenvalue weighted by atomic mass is 10.1. The summed E-state index contributed by atoms with van der Waals surface area (Å²) in [6.45, 7) is 2.79. The van der Waals surface area contributed by atoms with E-state index in [1.54, 1.807) is 7.11 Å². The number of amides is 1. The molecule has 2 N–H and O–H groups in total. The number of nitrogens with zero attached hydrogens (tertiary/aromatic N) is 1. The zero-order chi connectivity index (χ0) is 28.4. The van der Waals surface area contributed by atoms with Gasteiger partial charge >= 0.3 is 5.97 Å². The number of carboxylic acids is 1. The smallest absolute Gasteiger partial charge is 0.371 e. The summed E-state index contributed by atoms with van der Waals surface area (Å²) in [7, 11) is 2.81. The van der Waals surface area contributed by atoms with E-state index in [9.17, 15) is 9.59 Å². The van der Waals surface area contributed by atoms with Crippen LogP contribution in [0.5, 0.6) is 11.5 Å². The molecule has 0 aliphatic carbocycles. The lowest BCUT2D eigenvalue weighted by molar-refractivity contribution is -0.135. The van der Waals surface area contributed by atoms with E-state index >= 15 is 0 Å². The summed E-state index contributed by atoms with van der Waals surface area (Å²) in [4.78, 5) is 28.7. The van der Waals surface area contributed by atoms with Crippen LogP contribution in [0.2, 0.25) is 10.0 Å². The van der Waals surface area contributed by atoms with Crippen LogP contribution in [0.4, 0.5) is 5.13 Å². The summed E-state index contributed by atoms with van der Waals surface area (Å²) in [6.07, 6.45) is 6.91. The highest BCUT2D eigenvalue weighted by molar-refractivity contribution is 7.14. The monoisotopic (exact) mass is 592 g/mol. The van der Waals surface area contributed by atoms with E-state index in [2.05, 4.69) is 17.2 Å². The fourth-order valence-corrected chi connectivity index (χ4v) is 5.05. The first-order chi connectivity index (χ1) is 18.8. The molecule has 3 rings (SSSR count). The van der Waals surface area contributed by atoms with Gasteiger partial charge in [0.05, 0.1) is 36.6 Å². The summed E-state index contributed by atoms with van der Waals surface area (Å²) in [5.74, 6) is -0.881. The molecule has 208 valence electrons. The van der Waals surface area contributed by atoms with Crippen molar-refractivity contribution in [1.82, 2.24) is 4.98 Å². The average Bonchev–Trinajstić information content (AvgIpc) is 3.38. The summed E-state index contributed by atoms with van der Waals surface area (Å²) >= 11 is 13.8. The molecule has 0 unspecified atom stereocenters. The molecule has 0 radical (unpaired) electrons. The van der Waals surface area contributed by atoms with Crippen molar-refractivity contribution in [3.05, 3.63) is 62.6 Å². The molecule has 0 aliphatic heterocycles. The van der Waals surface area contributed by atoms with Gasteiger partial charge in [0, 0.05) is 22.1 Å². The fourth-order valence-electron chi connectivity index (χ4n) is 3.75. The number of carbonyl (C=O) groups is 2. The number of nitrogens with one attached hydrogen (secondary N) is 1. The number of anilines is 1. The molecule has 0 atom stereocenters. The molecule has 3 aromatic rings. The number of hydrogen-bond acceptors (Lipinski definition) is 7. The van der Waals surface area contributed by atoms with Gasteiger partial charge in [-0.2, -0.15) is 0 Å². The Labute approximate surface area is 241 Å². The molecule has 1 aromatic heterocycles. The molecule has 2 aromatic carbocycles. The molecule has 0 fully saturated rings. The van der Waals surface area contributed by atoms with Crippen molar-refractivity contribution in [2.75, 3.05) is 26.1 Å². The minimum absolute atomic E-state index is 0.0928. The number of rotatable bonds is 14. The highest BCUT2D eigenvalue weighted by Crippen LogP contribution is 2.39. The van der Waals surface area contributed by atoms with Gasteiger partial charge < -0.3 is 19.3 Å². The first-order valence-electron chi connectivity index (χ1n) is 12.3. The Kier molecular flexibility index (Phi) is 11.5. The van der Waals surface area contributed by atoms with Crippen molar-refractivity contribution in [2.45, 2.75) is 39.0 Å². The SMILES string of the molecule is CCCCCCCOc1cccc(-c2csc(NC(=O)c3cc(Cl)c(C=C(OC)C(=O)O)c(Cl)c3)n2)c1OC. The molecule has 39 heavy (non-hydrogen) atoms. The summed E-state index contributed by atoms with van der Waals surface area (Å²) in [5, 5.41) is 14.3. The van der Waals surface area contributed by atoms with Crippen LogP contribution in [-0.2, 0) is 9.53 Å². The van der Waals surface area contributed by atoms with Crippen molar-refractivity contribution in [3.8, 4) is 22.8 Å². The van der Waals surface area contributed by atoms with Crippen LogP contribution in [-0.4, -0.2) is 42.8 Å². The normalized spacial score (nSPS) is 11.3. The van der Waals surface area contributed by atoms with Gasteiger partial charge in [0.2, 0.25) is 5.76 Å². The van der Waals surface area contributed by atoms with E-state index in [1.165, 1.54) is 55.9 Å². The van der Waals surface area contributed by atoms with Crippen LogP contribution in [0.25, 0.3) is 17.3 Å². The van der Waals surface area contributed by atoms with Crippen molar-refractivity contribution in [3.63, 3.8) is 0 Å². The fraction of sp³-hybridized carbons (Fsp3) is 0.321. The summed E-state index contributed by atoms with van der Waals surface area (Å²) < 4.78 is 16.5. The predicted molar refractivity (Wildman–Crippen MR) is 155 cm³/mol. The number of aliphatic carboxylic acids is 1. The highest BCUT2D eigenvalue weighted by Gasteiger charge is 2.18. The third kappa shape index (κ3) is 8.11. The number of para-hydroxylation sites is 1. The van der Waals surface area contributed by atoms with Gasteiger partial charge in [0.25, 0.3) is 5.91 Å². The molecule has 11 heteroatoms. The maximum atomic E-state index is 12.9. The van der Waals surface area contributed by atoms with Crippen molar-refractivity contribution in [1.29, 1.82) is 0 Å². The van der Waals surface area contributed by atoms with Crippen LogP contribution in [0.3, 0.4) is 0 Å². The zero-order valence-corrected chi connectivity index (χ0v) is 24.2. The highest BCUT2D eigenvalue weighted by atomic mass is 35.5. The molecule has 0 bridgehead atoms. The van der Waals surface area contributed by atoms with Crippen LogP contribution >= 0.6 is 34.5 Å². The van der Waals surface area contributed by atoms with Crippen molar-refractivity contribution in [2.24, 2.45) is 0 Å². The number of aromatic nitrogens is 1. The number of ether oxygens (including phenoxy) is 3. The second kappa shape index (κ2) is 14.8. The van der Waals surface area contributed by atoms with E-state index in [0.29, 0.717) is 28.9 Å². The first-order valence-corrected chi connectivity index (χ1v) is 14.0.